The molecule has 0 fully saturated rings. The van der Waals surface area contributed by atoms with Crippen molar-refractivity contribution >= 4 is 0 Å². The summed E-state index contributed by atoms with van der Waals surface area (Å²) in [7, 11) is 0. The van der Waals surface area contributed by atoms with Crippen molar-refractivity contribution in [2.24, 2.45) is 28.0 Å². The molecular weight excluding hydrogens is 190 g/mol. The van der Waals surface area contributed by atoms with Crippen LogP contribution in [0.4, 0.5) is 0 Å². The van der Waals surface area contributed by atoms with Crippen LogP contribution in [-0.2, 0) is 4.74 Å². The fraction of sp³-hybridized carbons (Fsp3) is 1.00. The molecule has 0 aliphatic heterocycles. The van der Waals surface area contributed by atoms with Gasteiger partial charge in [0.25, 0.3) is 0 Å². The summed E-state index contributed by atoms with van der Waals surface area (Å²) in [6, 6.07) is 0. The maximum Gasteiger partial charge on any atom is 0.0546 e. The highest BCUT2D eigenvalue weighted by molar-refractivity contribution is 4.80. The number of rotatable bonds is 8. The van der Waals surface area contributed by atoms with Gasteiger partial charge in [0.15, 0.2) is 0 Å². The van der Waals surface area contributed by atoms with Gasteiger partial charge in [-0.15, -0.1) is 0 Å². The van der Waals surface area contributed by atoms with Gasteiger partial charge in [0.05, 0.1) is 13.2 Å². The first-order valence-corrected chi connectivity index (χ1v) is 5.63. The highest BCUT2D eigenvalue weighted by atomic mass is 16.5. The molecule has 0 aromatic carbocycles. The monoisotopic (exact) mass is 217 g/mol. The molecule has 0 atom stereocenters. The summed E-state index contributed by atoms with van der Waals surface area (Å²) in [6.07, 6.45) is 0.947. The van der Waals surface area contributed by atoms with Gasteiger partial charge in [-0.05, 0) is 13.0 Å². The summed E-state index contributed by atoms with van der Waals surface area (Å²) >= 11 is 0. The van der Waals surface area contributed by atoms with E-state index in [-0.39, 0.29) is 10.8 Å². The first-order chi connectivity index (χ1) is 6.95. The zero-order valence-corrected chi connectivity index (χ0v) is 10.4. The van der Waals surface area contributed by atoms with Crippen molar-refractivity contribution in [2.45, 2.75) is 27.2 Å². The largest absolute Gasteiger partial charge is 0.380 e. The maximum absolute atomic E-state index is 5.73. The van der Waals surface area contributed by atoms with Crippen LogP contribution >= 0.6 is 0 Å². The van der Waals surface area contributed by atoms with Crippen molar-refractivity contribution in [3.05, 3.63) is 0 Å². The highest BCUT2D eigenvalue weighted by Crippen LogP contribution is 2.21. The summed E-state index contributed by atoms with van der Waals surface area (Å²) in [6.45, 7) is 9.32. The Morgan fingerprint density at radius 1 is 0.933 bits per heavy atom. The summed E-state index contributed by atoms with van der Waals surface area (Å²) in [5.74, 6) is 0. The van der Waals surface area contributed by atoms with Gasteiger partial charge in [-0.3, -0.25) is 0 Å². The quantitative estimate of drug-likeness (QED) is 0.546. The molecule has 0 radical (unpaired) electrons. The van der Waals surface area contributed by atoms with Gasteiger partial charge in [-0.1, -0.05) is 20.8 Å². The zero-order chi connectivity index (χ0) is 11.9. The Morgan fingerprint density at radius 3 is 1.80 bits per heavy atom. The Kier molecular flexibility index (Phi) is 6.36. The van der Waals surface area contributed by atoms with Crippen LogP contribution in [0, 0.1) is 10.8 Å². The standard InChI is InChI=1S/C11H27N3O/c1-4-11(6-13,7-14)9-15-8-10(2,3)5-12/h4-9,12-14H2,1-3H3. The zero-order valence-electron chi connectivity index (χ0n) is 10.4. The predicted molar refractivity (Wildman–Crippen MR) is 64.5 cm³/mol. The van der Waals surface area contributed by atoms with Gasteiger partial charge in [-0.2, -0.15) is 0 Å². The van der Waals surface area contributed by atoms with Crippen molar-refractivity contribution in [3.8, 4) is 0 Å². The third-order valence-corrected chi connectivity index (χ3v) is 3.07. The van der Waals surface area contributed by atoms with E-state index in [0.717, 1.165) is 6.42 Å². The van der Waals surface area contributed by atoms with Crippen LogP contribution in [-0.4, -0.2) is 32.8 Å². The Balaban J connectivity index is 4.02. The van der Waals surface area contributed by atoms with E-state index < -0.39 is 0 Å². The van der Waals surface area contributed by atoms with E-state index in [1.807, 2.05) is 0 Å². The van der Waals surface area contributed by atoms with E-state index in [1.165, 1.54) is 0 Å². The first-order valence-electron chi connectivity index (χ1n) is 5.63. The lowest BCUT2D eigenvalue weighted by Gasteiger charge is -2.31. The van der Waals surface area contributed by atoms with Crippen LogP contribution in [0.3, 0.4) is 0 Å². The third-order valence-electron chi connectivity index (χ3n) is 3.07. The minimum absolute atomic E-state index is 0.0304. The molecule has 6 N–H and O–H groups in total. The van der Waals surface area contributed by atoms with E-state index in [2.05, 4.69) is 20.8 Å². The molecular formula is C11H27N3O. The smallest absolute Gasteiger partial charge is 0.0546 e. The topological polar surface area (TPSA) is 87.3 Å². The van der Waals surface area contributed by atoms with Gasteiger partial charge in [0, 0.05) is 23.9 Å². The average molecular weight is 217 g/mol. The lowest BCUT2D eigenvalue weighted by Crippen LogP contribution is -2.42. The normalized spacial score (nSPS) is 13.2. The second-order valence-corrected chi connectivity index (χ2v) is 5.12. The van der Waals surface area contributed by atoms with Gasteiger partial charge in [0.1, 0.15) is 0 Å². The van der Waals surface area contributed by atoms with E-state index in [0.29, 0.717) is 32.8 Å². The number of ether oxygens (including phenoxy) is 1. The van der Waals surface area contributed by atoms with Crippen LogP contribution < -0.4 is 17.2 Å². The molecule has 0 aromatic rings. The Morgan fingerprint density at radius 2 is 1.47 bits per heavy atom. The molecule has 4 heteroatoms. The van der Waals surface area contributed by atoms with Gasteiger partial charge in [0.2, 0.25) is 0 Å². The minimum atomic E-state index is -0.0648. The second kappa shape index (κ2) is 6.43. The molecule has 0 aromatic heterocycles. The number of hydrogen-bond acceptors (Lipinski definition) is 4. The van der Waals surface area contributed by atoms with Crippen molar-refractivity contribution in [2.75, 3.05) is 32.8 Å². The molecule has 0 spiro atoms. The van der Waals surface area contributed by atoms with Crippen LogP contribution in [0.15, 0.2) is 0 Å². The molecule has 0 bridgehead atoms. The van der Waals surface area contributed by atoms with E-state index >= 15 is 0 Å². The minimum Gasteiger partial charge on any atom is -0.380 e. The fourth-order valence-corrected chi connectivity index (χ4v) is 1.19. The molecule has 0 aliphatic carbocycles. The predicted octanol–water partition coefficient (Wildman–Crippen LogP) is 0.302. The van der Waals surface area contributed by atoms with Crippen molar-refractivity contribution in [3.63, 3.8) is 0 Å². The lowest BCUT2D eigenvalue weighted by molar-refractivity contribution is 0.00964. The molecule has 0 unspecified atom stereocenters. The molecule has 0 heterocycles. The van der Waals surface area contributed by atoms with Gasteiger partial charge >= 0.3 is 0 Å². The molecule has 0 saturated heterocycles. The van der Waals surface area contributed by atoms with Gasteiger partial charge < -0.3 is 21.9 Å². The van der Waals surface area contributed by atoms with Crippen LogP contribution in [0.5, 0.6) is 0 Å². The molecule has 15 heavy (non-hydrogen) atoms. The van der Waals surface area contributed by atoms with Crippen molar-refractivity contribution in [1.82, 2.24) is 0 Å². The molecule has 92 valence electrons. The number of hydrogen-bond donors (Lipinski definition) is 3. The Bertz CT molecular complexity index is 159. The van der Waals surface area contributed by atoms with Crippen molar-refractivity contribution < 1.29 is 4.74 Å². The third kappa shape index (κ3) is 4.93. The SMILES string of the molecule is CCC(CN)(CN)COCC(C)(C)CN. The average Bonchev–Trinajstić information content (AvgIpc) is 2.25. The van der Waals surface area contributed by atoms with Crippen molar-refractivity contribution in [1.29, 1.82) is 0 Å². The molecule has 0 saturated carbocycles. The first kappa shape index (κ1) is 14.8. The maximum atomic E-state index is 5.73. The fourth-order valence-electron chi connectivity index (χ4n) is 1.19. The van der Waals surface area contributed by atoms with E-state index in [4.69, 9.17) is 21.9 Å². The molecule has 0 amide bonds. The molecule has 4 nitrogen and oxygen atoms in total. The van der Waals surface area contributed by atoms with Crippen LogP contribution in [0.25, 0.3) is 0 Å². The summed E-state index contributed by atoms with van der Waals surface area (Å²) < 4.78 is 5.69. The number of nitrogens with two attached hydrogens (primary N) is 3. The van der Waals surface area contributed by atoms with Crippen LogP contribution in [0.1, 0.15) is 27.2 Å². The Labute approximate surface area is 93.5 Å². The van der Waals surface area contributed by atoms with E-state index in [9.17, 15) is 0 Å². The summed E-state index contributed by atoms with van der Waals surface area (Å²) in [4.78, 5) is 0. The lowest BCUT2D eigenvalue weighted by atomic mass is 9.86. The van der Waals surface area contributed by atoms with E-state index in [1.54, 1.807) is 0 Å². The molecule has 0 rings (SSSR count). The summed E-state index contributed by atoms with van der Waals surface area (Å²) in [5.41, 5.74) is 17.0. The highest BCUT2D eigenvalue weighted by Gasteiger charge is 2.26. The Hall–Kier alpha value is -0.160. The van der Waals surface area contributed by atoms with Crippen LogP contribution in [0.2, 0.25) is 0 Å². The van der Waals surface area contributed by atoms with Gasteiger partial charge in [-0.25, -0.2) is 0 Å². The summed E-state index contributed by atoms with van der Waals surface area (Å²) in [5, 5.41) is 0. The molecule has 0 aliphatic rings. The second-order valence-electron chi connectivity index (χ2n) is 5.12.